The van der Waals surface area contributed by atoms with Gasteiger partial charge in [-0.05, 0) is 30.2 Å². The molecule has 0 aliphatic carbocycles. The third kappa shape index (κ3) is 3.17. The summed E-state index contributed by atoms with van der Waals surface area (Å²) in [5, 5.41) is 0.995. The van der Waals surface area contributed by atoms with Crippen LogP contribution in [-0.2, 0) is 9.59 Å². The number of methoxy groups -OCH3 is 1. The topological polar surface area (TPSA) is 59.5 Å². The van der Waals surface area contributed by atoms with E-state index in [9.17, 15) is 9.59 Å². The zero-order valence-electron chi connectivity index (χ0n) is 13.1. The van der Waals surface area contributed by atoms with E-state index in [1.54, 1.807) is 25.1 Å². The number of nitrogens with zero attached hydrogens (tertiary/aromatic N) is 2. The van der Waals surface area contributed by atoms with Crippen LogP contribution in [0, 0.1) is 5.92 Å². The Morgan fingerprint density at radius 3 is 3.00 bits per heavy atom. The van der Waals surface area contributed by atoms with E-state index in [0.717, 1.165) is 16.6 Å². The molecular formula is C17H18N2O3S. The second-order valence-corrected chi connectivity index (χ2v) is 6.76. The minimum Gasteiger partial charge on any atom is -0.494 e. The maximum atomic E-state index is 12.4. The Bertz CT molecular complexity index is 763. The SMILES string of the molecule is COc1ccc(N2CC(CSC(C)=O)CC2=O)c2cccnc12. The Kier molecular flexibility index (Phi) is 4.52. The summed E-state index contributed by atoms with van der Waals surface area (Å²) in [4.78, 5) is 29.7. The van der Waals surface area contributed by atoms with Crippen LogP contribution in [-0.4, -0.2) is 35.4 Å². The summed E-state index contributed by atoms with van der Waals surface area (Å²) < 4.78 is 5.35. The molecule has 2 heterocycles. The molecule has 1 unspecified atom stereocenters. The molecule has 1 aromatic carbocycles. The van der Waals surface area contributed by atoms with Crippen molar-refractivity contribution < 1.29 is 14.3 Å². The van der Waals surface area contributed by atoms with Crippen LogP contribution in [0.15, 0.2) is 30.5 Å². The van der Waals surface area contributed by atoms with Crippen molar-refractivity contribution in [1.29, 1.82) is 0 Å². The molecule has 1 amide bonds. The van der Waals surface area contributed by atoms with Crippen LogP contribution >= 0.6 is 11.8 Å². The van der Waals surface area contributed by atoms with Gasteiger partial charge in [-0.2, -0.15) is 0 Å². The fourth-order valence-electron chi connectivity index (χ4n) is 2.89. The third-order valence-electron chi connectivity index (χ3n) is 3.95. The molecule has 0 spiro atoms. The zero-order chi connectivity index (χ0) is 16.4. The Morgan fingerprint density at radius 1 is 1.43 bits per heavy atom. The van der Waals surface area contributed by atoms with E-state index in [4.69, 9.17) is 4.74 Å². The summed E-state index contributed by atoms with van der Waals surface area (Å²) in [5.74, 6) is 1.67. The van der Waals surface area contributed by atoms with Gasteiger partial charge in [-0.15, -0.1) is 0 Å². The van der Waals surface area contributed by atoms with Crippen LogP contribution in [0.3, 0.4) is 0 Å². The van der Waals surface area contributed by atoms with Crippen molar-refractivity contribution in [2.75, 3.05) is 24.3 Å². The molecule has 2 aromatic rings. The van der Waals surface area contributed by atoms with E-state index in [2.05, 4.69) is 4.98 Å². The van der Waals surface area contributed by atoms with Gasteiger partial charge >= 0.3 is 0 Å². The van der Waals surface area contributed by atoms with E-state index >= 15 is 0 Å². The Morgan fingerprint density at radius 2 is 2.26 bits per heavy atom. The first-order valence-electron chi connectivity index (χ1n) is 7.45. The second-order valence-electron chi connectivity index (χ2n) is 5.56. The number of carbonyl (C=O) groups excluding carboxylic acids is 2. The molecule has 1 aromatic heterocycles. The third-order valence-corrected chi connectivity index (χ3v) is 4.99. The molecule has 1 aliphatic rings. The van der Waals surface area contributed by atoms with Crippen LogP contribution in [0.5, 0.6) is 5.75 Å². The minimum atomic E-state index is 0.0921. The zero-order valence-corrected chi connectivity index (χ0v) is 13.9. The Hall–Kier alpha value is -2.08. The summed E-state index contributed by atoms with van der Waals surface area (Å²) in [6.45, 7) is 2.19. The van der Waals surface area contributed by atoms with Crippen LogP contribution in [0.4, 0.5) is 5.69 Å². The lowest BCUT2D eigenvalue weighted by atomic mass is 10.1. The second kappa shape index (κ2) is 6.58. The van der Waals surface area contributed by atoms with E-state index in [-0.39, 0.29) is 16.9 Å². The molecule has 3 rings (SSSR count). The average molecular weight is 330 g/mol. The van der Waals surface area contributed by atoms with Crippen molar-refractivity contribution in [3.63, 3.8) is 0 Å². The molecule has 0 bridgehead atoms. The predicted octanol–water partition coefficient (Wildman–Crippen LogP) is 2.88. The van der Waals surface area contributed by atoms with Crippen molar-refractivity contribution in [2.45, 2.75) is 13.3 Å². The van der Waals surface area contributed by atoms with Gasteiger partial charge in [-0.1, -0.05) is 11.8 Å². The van der Waals surface area contributed by atoms with Gasteiger partial charge in [0.2, 0.25) is 5.91 Å². The van der Waals surface area contributed by atoms with Gasteiger partial charge < -0.3 is 9.64 Å². The maximum Gasteiger partial charge on any atom is 0.227 e. The summed E-state index contributed by atoms with van der Waals surface area (Å²) in [6, 6.07) is 7.55. The van der Waals surface area contributed by atoms with E-state index in [0.29, 0.717) is 24.5 Å². The number of pyridine rings is 1. The fraction of sp³-hybridized carbons (Fsp3) is 0.353. The molecule has 0 radical (unpaired) electrons. The number of rotatable bonds is 4. The highest BCUT2D eigenvalue weighted by Crippen LogP contribution is 2.35. The molecule has 0 saturated carbocycles. The highest BCUT2D eigenvalue weighted by atomic mass is 32.2. The van der Waals surface area contributed by atoms with Gasteiger partial charge in [0.15, 0.2) is 5.12 Å². The Labute approximate surface area is 139 Å². The van der Waals surface area contributed by atoms with Crippen molar-refractivity contribution >= 4 is 39.4 Å². The number of fused-ring (bicyclic) bond motifs is 1. The lowest BCUT2D eigenvalue weighted by molar-refractivity contribution is -0.117. The van der Waals surface area contributed by atoms with Gasteiger partial charge in [0.05, 0.1) is 12.8 Å². The predicted molar refractivity (Wildman–Crippen MR) is 91.9 cm³/mol. The molecular weight excluding hydrogens is 312 g/mol. The first-order chi connectivity index (χ1) is 11.1. The average Bonchev–Trinajstić information content (AvgIpc) is 2.92. The van der Waals surface area contributed by atoms with Crippen molar-refractivity contribution in [3.8, 4) is 5.75 Å². The molecule has 1 fully saturated rings. The number of anilines is 1. The van der Waals surface area contributed by atoms with Crippen LogP contribution in [0.25, 0.3) is 10.9 Å². The van der Waals surface area contributed by atoms with E-state index in [1.165, 1.54) is 11.8 Å². The van der Waals surface area contributed by atoms with Crippen LogP contribution < -0.4 is 9.64 Å². The first kappa shape index (κ1) is 15.8. The largest absolute Gasteiger partial charge is 0.494 e. The molecule has 0 N–H and O–H groups in total. The van der Waals surface area contributed by atoms with Crippen molar-refractivity contribution in [2.24, 2.45) is 5.92 Å². The van der Waals surface area contributed by atoms with Gasteiger partial charge in [0.1, 0.15) is 11.3 Å². The summed E-state index contributed by atoms with van der Waals surface area (Å²) in [6.07, 6.45) is 2.20. The van der Waals surface area contributed by atoms with E-state index < -0.39 is 0 Å². The summed E-state index contributed by atoms with van der Waals surface area (Å²) in [5.41, 5.74) is 1.61. The molecule has 6 heteroatoms. The number of amides is 1. The molecule has 5 nitrogen and oxygen atoms in total. The van der Waals surface area contributed by atoms with Gasteiger partial charge in [-0.3, -0.25) is 14.6 Å². The number of hydrogen-bond acceptors (Lipinski definition) is 5. The van der Waals surface area contributed by atoms with Gasteiger partial charge in [-0.25, -0.2) is 0 Å². The highest BCUT2D eigenvalue weighted by molar-refractivity contribution is 8.13. The number of ether oxygens (including phenoxy) is 1. The number of hydrogen-bond donors (Lipinski definition) is 0. The molecule has 1 saturated heterocycles. The Balaban J connectivity index is 1.91. The van der Waals surface area contributed by atoms with Crippen molar-refractivity contribution in [3.05, 3.63) is 30.5 Å². The van der Waals surface area contributed by atoms with E-state index in [1.807, 2.05) is 24.3 Å². The maximum absolute atomic E-state index is 12.4. The van der Waals surface area contributed by atoms with Gasteiger partial charge in [0, 0.05) is 37.2 Å². The summed E-state index contributed by atoms with van der Waals surface area (Å²) >= 11 is 1.29. The fourth-order valence-corrected chi connectivity index (χ4v) is 3.59. The normalized spacial score (nSPS) is 17.7. The number of benzene rings is 1. The number of carbonyl (C=O) groups is 2. The molecule has 23 heavy (non-hydrogen) atoms. The number of thioether (sulfide) groups is 1. The molecule has 1 aliphatic heterocycles. The molecule has 1 atom stereocenters. The monoisotopic (exact) mass is 330 g/mol. The number of aromatic nitrogens is 1. The van der Waals surface area contributed by atoms with Crippen LogP contribution in [0.1, 0.15) is 13.3 Å². The standard InChI is InChI=1S/C17H18N2O3S/c1-11(20)23-10-12-8-16(21)19(9-12)14-5-6-15(22-2)17-13(14)4-3-7-18-17/h3-7,12H,8-10H2,1-2H3. The highest BCUT2D eigenvalue weighted by Gasteiger charge is 2.31. The quantitative estimate of drug-likeness (QED) is 0.863. The lowest BCUT2D eigenvalue weighted by Crippen LogP contribution is -2.25. The molecule has 120 valence electrons. The lowest BCUT2D eigenvalue weighted by Gasteiger charge is -2.19. The first-order valence-corrected chi connectivity index (χ1v) is 8.44. The smallest absolute Gasteiger partial charge is 0.227 e. The minimum absolute atomic E-state index is 0.0921. The van der Waals surface area contributed by atoms with Crippen LogP contribution in [0.2, 0.25) is 0 Å². The van der Waals surface area contributed by atoms with Crippen molar-refractivity contribution in [1.82, 2.24) is 4.98 Å². The van der Waals surface area contributed by atoms with Gasteiger partial charge in [0.25, 0.3) is 0 Å². The summed E-state index contributed by atoms with van der Waals surface area (Å²) in [7, 11) is 1.61.